The molecule has 1 aliphatic heterocycles. The molecule has 1 nitrogen and oxygen atoms in total. The molecule has 0 atom stereocenters. The van der Waals surface area contributed by atoms with Gasteiger partial charge in [0.1, 0.15) is 126 Å². The number of hydrogen-bond donors (Lipinski definition) is 0. The monoisotopic (exact) mass is 714 g/mol. The number of aromatic nitrogens is 1. The SMILES string of the molecule is [B]c1c([B])c([B])c2c(c1[B])c1cc3c(c([B])c1c1c([B])c([B])c([B])c([B])c21)[B]c1cc(Br)c2c4c([B])c([B])c([B])c([B])c4c4c([B])c([B])c([B])c5c4c2c1n5-3. The van der Waals surface area contributed by atoms with E-state index in [0.717, 1.165) is 16.4 Å². The van der Waals surface area contributed by atoms with Crippen LogP contribution in [0.1, 0.15) is 0 Å². The highest BCUT2D eigenvalue weighted by molar-refractivity contribution is 9.10. The van der Waals surface area contributed by atoms with Gasteiger partial charge in [-0.25, -0.2) is 0 Å². The Hall–Kier alpha value is -3.30. The van der Waals surface area contributed by atoms with Gasteiger partial charge in [-0.15, -0.1) is 38.2 Å². The predicted molar refractivity (Wildman–Crippen MR) is 258 cm³/mol. The van der Waals surface area contributed by atoms with Crippen LogP contribution in [-0.2, 0) is 0 Å². The molecule has 8 aromatic carbocycles. The quantitative estimate of drug-likeness (QED) is 0.109. The van der Waals surface area contributed by atoms with E-state index < -0.39 is 0 Å². The van der Waals surface area contributed by atoms with E-state index in [1.165, 1.54) is 0 Å². The Labute approximate surface area is 347 Å². The third kappa shape index (κ3) is 4.03. The smallest absolute Gasteiger partial charge is 0.196 e. The van der Waals surface area contributed by atoms with Crippen molar-refractivity contribution in [1.82, 2.24) is 4.57 Å². The maximum atomic E-state index is 7.31. The molecule has 55 heavy (non-hydrogen) atoms. The summed E-state index contributed by atoms with van der Waals surface area (Å²) in [4.78, 5) is 0. The van der Waals surface area contributed by atoms with E-state index in [1.807, 2.05) is 24.0 Å². The van der Waals surface area contributed by atoms with Crippen LogP contribution in [0.5, 0.6) is 0 Å². The molecule has 0 amide bonds. The van der Waals surface area contributed by atoms with Gasteiger partial charge >= 0.3 is 0 Å². The molecule has 0 saturated carbocycles. The van der Waals surface area contributed by atoms with Crippen molar-refractivity contribution in [2.24, 2.45) is 0 Å². The van der Waals surface area contributed by atoms with Crippen molar-refractivity contribution in [2.75, 3.05) is 0 Å². The van der Waals surface area contributed by atoms with Crippen LogP contribution in [0.2, 0.25) is 0 Å². The summed E-state index contributed by atoms with van der Waals surface area (Å²) in [6.45, 7) is 0. The first-order valence-corrected chi connectivity index (χ1v) is 17.5. The first-order chi connectivity index (χ1) is 25.9. The largest absolute Gasteiger partial charge is 0.311 e. The third-order valence-electron chi connectivity index (χ3n) is 11.7. The van der Waals surface area contributed by atoms with E-state index in [2.05, 4.69) is 15.9 Å². The van der Waals surface area contributed by atoms with Gasteiger partial charge in [0, 0.05) is 37.4 Å². The van der Waals surface area contributed by atoms with Gasteiger partial charge in [-0.05, 0) is 54.5 Å². The molecular formula is C36H2B17BrN. The second kappa shape index (κ2) is 11.4. The van der Waals surface area contributed by atoms with Crippen LogP contribution < -0.4 is 98.3 Å². The summed E-state index contributed by atoms with van der Waals surface area (Å²) in [7, 11) is 109. The van der Waals surface area contributed by atoms with E-state index in [0.29, 0.717) is 85.9 Å². The molecule has 0 saturated heterocycles. The van der Waals surface area contributed by atoms with Gasteiger partial charge in [-0.3, -0.25) is 0 Å². The van der Waals surface area contributed by atoms with Crippen LogP contribution in [0.3, 0.4) is 0 Å². The Bertz CT molecular complexity index is 3430. The molecule has 0 aliphatic carbocycles. The van der Waals surface area contributed by atoms with Crippen molar-refractivity contribution in [3.63, 3.8) is 0 Å². The Morgan fingerprint density at radius 1 is 0.345 bits per heavy atom. The molecular weight excluding hydrogens is 710 g/mol. The summed E-state index contributed by atoms with van der Waals surface area (Å²) >= 11 is 3.84. The van der Waals surface area contributed by atoms with Crippen molar-refractivity contribution in [3.05, 3.63) is 16.6 Å². The van der Waals surface area contributed by atoms with Gasteiger partial charge in [-0.1, -0.05) is 82.1 Å². The van der Waals surface area contributed by atoms with E-state index in [9.17, 15) is 0 Å². The van der Waals surface area contributed by atoms with E-state index >= 15 is 0 Å². The number of nitrogens with zero attached hydrogens (tertiary/aromatic N) is 1. The topological polar surface area (TPSA) is 4.93 Å². The highest BCUT2D eigenvalue weighted by Gasteiger charge is 2.33. The zero-order valence-electron chi connectivity index (χ0n) is 28.8. The average molecular weight is 712 g/mol. The van der Waals surface area contributed by atoms with Crippen LogP contribution in [0, 0.1) is 0 Å². The Balaban J connectivity index is 1.54. The Morgan fingerprint density at radius 3 is 1.16 bits per heavy atom. The van der Waals surface area contributed by atoms with Gasteiger partial charge in [0.2, 0.25) is 0 Å². The fourth-order valence-electron chi connectivity index (χ4n) is 9.11. The second-order valence-electron chi connectivity index (χ2n) is 14.2. The number of hydrogen-bond acceptors (Lipinski definition) is 0. The van der Waals surface area contributed by atoms with Gasteiger partial charge in [0.05, 0.1) is 0 Å². The molecule has 19 heteroatoms. The molecule has 0 spiro atoms. The fourth-order valence-corrected chi connectivity index (χ4v) is 9.75. The first-order valence-electron chi connectivity index (χ1n) is 16.7. The van der Waals surface area contributed by atoms with Crippen LogP contribution in [0.15, 0.2) is 16.6 Å². The molecule has 10 rings (SSSR count). The summed E-state index contributed by atoms with van der Waals surface area (Å²) in [5, 5.41) is 6.28. The highest BCUT2D eigenvalue weighted by Crippen LogP contribution is 2.44. The van der Waals surface area contributed by atoms with Crippen molar-refractivity contribution in [3.8, 4) is 5.69 Å². The summed E-state index contributed by atoms with van der Waals surface area (Å²) in [5.41, 5.74) is 5.59. The van der Waals surface area contributed by atoms with Crippen molar-refractivity contribution in [2.45, 2.75) is 0 Å². The molecule has 0 unspecified atom stereocenters. The molecule has 9 aromatic rings. The lowest BCUT2D eigenvalue weighted by Crippen LogP contribution is -2.51. The predicted octanol–water partition coefficient (Wildman–Crippen LogP) is -10.6. The molecule has 209 valence electrons. The molecule has 33 radical (unpaired) electrons. The van der Waals surface area contributed by atoms with Gasteiger partial charge in [0.25, 0.3) is 0 Å². The van der Waals surface area contributed by atoms with Gasteiger partial charge < -0.3 is 4.57 Å². The first kappa shape index (κ1) is 36.1. The van der Waals surface area contributed by atoms with Crippen molar-refractivity contribution >= 4 is 323 Å². The van der Waals surface area contributed by atoms with E-state index in [4.69, 9.17) is 126 Å². The van der Waals surface area contributed by atoms with Gasteiger partial charge in [-0.2, -0.15) is 0 Å². The van der Waals surface area contributed by atoms with Crippen molar-refractivity contribution in [1.29, 1.82) is 0 Å². The van der Waals surface area contributed by atoms with Crippen LogP contribution in [-0.4, -0.2) is 137 Å². The fraction of sp³-hybridized carbons (Fsp3) is 0. The standard InChI is InChI=1S/C36H2B17BrN/c37-18-7-3-1-6-34(25(44)8(3)11-13(10(7)19(38)27(46)26(18)45)22(41)30(49)28(47)20(11)39)53-4-2-5(54)9-12-14(23(42)31(50)29(48)21(12)40)15-17-16(9)35(4)55(6)36(17)33(52)32(51)24(15)43/h1-2H. The molecule has 0 bridgehead atoms. The van der Waals surface area contributed by atoms with Crippen LogP contribution in [0.25, 0.3) is 81.4 Å². The minimum Gasteiger partial charge on any atom is -0.311 e. The van der Waals surface area contributed by atoms with Crippen molar-refractivity contribution < 1.29 is 0 Å². The summed E-state index contributed by atoms with van der Waals surface area (Å²) < 4.78 is 2.67. The lowest BCUT2D eigenvalue weighted by atomic mass is 9.55. The zero-order chi connectivity index (χ0) is 39.3. The third-order valence-corrected chi connectivity index (χ3v) is 12.4. The Kier molecular flexibility index (Phi) is 7.49. The van der Waals surface area contributed by atoms with Crippen LogP contribution in [0.4, 0.5) is 0 Å². The number of rotatable bonds is 0. The van der Waals surface area contributed by atoms with Crippen LogP contribution >= 0.6 is 15.9 Å². The molecule has 1 aromatic heterocycles. The minimum absolute atomic E-state index is 0.0644. The zero-order valence-corrected chi connectivity index (χ0v) is 30.4. The highest BCUT2D eigenvalue weighted by atomic mass is 79.9. The number of halogens is 1. The minimum atomic E-state index is 0.0644. The lowest BCUT2D eigenvalue weighted by molar-refractivity contribution is 1.21. The van der Waals surface area contributed by atoms with E-state index in [1.54, 1.807) is 0 Å². The summed E-state index contributed by atoms with van der Waals surface area (Å²) in [6, 6.07) is 3.86. The Morgan fingerprint density at radius 2 is 0.691 bits per heavy atom. The lowest BCUT2D eigenvalue weighted by Gasteiger charge is -2.29. The molecule has 0 fully saturated rings. The van der Waals surface area contributed by atoms with E-state index in [-0.39, 0.29) is 81.9 Å². The molecule has 2 heterocycles. The maximum absolute atomic E-state index is 7.31. The molecule has 1 aliphatic rings. The molecule has 0 N–H and O–H groups in total. The number of benzene rings is 8. The number of fused-ring (bicyclic) bond motifs is 12. The van der Waals surface area contributed by atoms with Gasteiger partial charge in [0.15, 0.2) is 7.28 Å². The maximum Gasteiger partial charge on any atom is 0.196 e. The average Bonchev–Trinajstić information content (AvgIpc) is 3.52. The second-order valence-corrected chi connectivity index (χ2v) is 15.1. The normalized spacial score (nSPS) is 12.7. The summed E-state index contributed by atoms with van der Waals surface area (Å²) in [6.07, 6.45) is 0. The summed E-state index contributed by atoms with van der Waals surface area (Å²) in [5.74, 6) is 0.